The monoisotopic (exact) mass is 455 g/mol. The number of hydrogen-bond acceptors (Lipinski definition) is 5. The lowest BCUT2D eigenvalue weighted by molar-refractivity contribution is -0.144. The second-order valence-corrected chi connectivity index (χ2v) is 7.85. The molecule has 170 valence electrons. The second kappa shape index (κ2) is 13.2. The summed E-state index contributed by atoms with van der Waals surface area (Å²) in [7, 11) is 3.47. The maximum atomic E-state index is 12.0. The number of carbonyl (C=O) groups is 3. The number of ether oxygens (including phenoxy) is 1. The van der Waals surface area contributed by atoms with Crippen LogP contribution < -0.4 is 10.6 Å². The third kappa shape index (κ3) is 9.70. The molecule has 2 rings (SSSR count). The molecule has 0 aliphatic heterocycles. The number of aryl methyl sites for hydroxylation is 1. The molecular weight excluding hydrogens is 426 g/mol. The van der Waals surface area contributed by atoms with Crippen molar-refractivity contribution in [2.75, 3.05) is 26.0 Å². The Kier molecular flexibility index (Phi) is 10.3. The second-order valence-electron chi connectivity index (χ2n) is 7.44. The maximum Gasteiger partial charge on any atom is 0.306 e. The first kappa shape index (κ1) is 25.0. The van der Waals surface area contributed by atoms with Gasteiger partial charge in [0.25, 0.3) is 0 Å². The molecular formula is C24H29N3O4S. The average molecular weight is 456 g/mol. The van der Waals surface area contributed by atoms with Gasteiger partial charge in [-0.3, -0.25) is 14.4 Å². The molecule has 0 saturated carbocycles. The van der Waals surface area contributed by atoms with Gasteiger partial charge in [0.15, 0.2) is 5.11 Å². The number of carbonyl (C=O) groups excluding carboxylic acids is 3. The zero-order valence-corrected chi connectivity index (χ0v) is 19.2. The molecule has 0 aliphatic rings. The van der Waals surface area contributed by atoms with E-state index in [0.717, 1.165) is 16.8 Å². The quantitative estimate of drug-likeness (QED) is 0.423. The fourth-order valence-corrected chi connectivity index (χ4v) is 3.03. The van der Waals surface area contributed by atoms with E-state index in [2.05, 4.69) is 10.6 Å². The third-order valence-electron chi connectivity index (χ3n) is 4.64. The van der Waals surface area contributed by atoms with Gasteiger partial charge in [-0.15, -0.1) is 0 Å². The Morgan fingerprint density at radius 2 is 1.53 bits per heavy atom. The number of rotatable bonds is 10. The minimum Gasteiger partial charge on any atom is -0.465 e. The van der Waals surface area contributed by atoms with E-state index in [1.807, 2.05) is 54.6 Å². The number of thiocarbonyl (C=S) groups is 1. The summed E-state index contributed by atoms with van der Waals surface area (Å²) in [6.07, 6.45) is 1.72. The lowest BCUT2D eigenvalue weighted by Gasteiger charge is -2.11. The van der Waals surface area contributed by atoms with Gasteiger partial charge in [0.05, 0.1) is 13.0 Å². The Morgan fingerprint density at radius 1 is 0.875 bits per heavy atom. The molecule has 32 heavy (non-hydrogen) atoms. The summed E-state index contributed by atoms with van der Waals surface area (Å²) in [4.78, 5) is 37.1. The van der Waals surface area contributed by atoms with Crippen LogP contribution >= 0.6 is 12.2 Å². The predicted molar refractivity (Wildman–Crippen MR) is 128 cm³/mol. The molecule has 0 saturated heterocycles. The summed E-state index contributed by atoms with van der Waals surface area (Å²) in [6.45, 7) is 0.281. The highest BCUT2D eigenvalue weighted by atomic mass is 32.1. The first-order chi connectivity index (χ1) is 15.3. The van der Waals surface area contributed by atoms with Crippen LogP contribution in [0.4, 0.5) is 5.69 Å². The molecule has 0 aliphatic carbocycles. The number of benzene rings is 2. The van der Waals surface area contributed by atoms with Crippen LogP contribution in [0.1, 0.15) is 30.4 Å². The van der Waals surface area contributed by atoms with Crippen molar-refractivity contribution in [2.24, 2.45) is 0 Å². The first-order valence-electron chi connectivity index (χ1n) is 10.4. The fraction of sp³-hybridized carbons (Fsp3) is 0.333. The van der Waals surface area contributed by atoms with E-state index in [9.17, 15) is 14.4 Å². The number of amides is 2. The molecule has 2 aromatic carbocycles. The molecule has 0 aromatic heterocycles. The van der Waals surface area contributed by atoms with E-state index < -0.39 is 5.97 Å². The van der Waals surface area contributed by atoms with Crippen molar-refractivity contribution in [3.05, 3.63) is 65.7 Å². The van der Waals surface area contributed by atoms with Gasteiger partial charge in [0.2, 0.25) is 11.8 Å². The molecule has 0 heterocycles. The van der Waals surface area contributed by atoms with Gasteiger partial charge in [-0.25, -0.2) is 0 Å². The fourth-order valence-electron chi connectivity index (χ4n) is 2.80. The van der Waals surface area contributed by atoms with Gasteiger partial charge in [-0.1, -0.05) is 42.5 Å². The molecule has 2 N–H and O–H groups in total. The smallest absolute Gasteiger partial charge is 0.306 e. The summed E-state index contributed by atoms with van der Waals surface area (Å²) >= 11 is 5.15. The van der Waals surface area contributed by atoms with E-state index >= 15 is 0 Å². The van der Waals surface area contributed by atoms with Gasteiger partial charge in [0, 0.05) is 39.0 Å². The Morgan fingerprint density at radius 3 is 2.19 bits per heavy atom. The van der Waals surface area contributed by atoms with Crippen molar-refractivity contribution in [1.29, 1.82) is 0 Å². The van der Waals surface area contributed by atoms with Crippen molar-refractivity contribution in [3.63, 3.8) is 0 Å². The first-order valence-corrected chi connectivity index (χ1v) is 10.8. The normalized spacial score (nSPS) is 10.2. The van der Waals surface area contributed by atoms with Gasteiger partial charge >= 0.3 is 5.97 Å². The minimum absolute atomic E-state index is 0.00910. The van der Waals surface area contributed by atoms with Crippen molar-refractivity contribution >= 4 is 40.8 Å². The summed E-state index contributed by atoms with van der Waals surface area (Å²) < 4.78 is 5.16. The Hall–Kier alpha value is -3.26. The topological polar surface area (TPSA) is 87.7 Å². The highest BCUT2D eigenvalue weighted by molar-refractivity contribution is 7.80. The Balaban J connectivity index is 1.64. The van der Waals surface area contributed by atoms with E-state index in [4.69, 9.17) is 17.0 Å². The lowest BCUT2D eigenvalue weighted by atomic mass is 10.1. The van der Waals surface area contributed by atoms with Gasteiger partial charge in [-0.05, 0) is 41.9 Å². The van der Waals surface area contributed by atoms with Crippen LogP contribution in [0.3, 0.4) is 0 Å². The Bertz CT molecular complexity index is 915. The SMILES string of the molecule is CN(C)C(=O)CCc1ccc(NC(=S)NC(=O)CCC(=O)OCCc2ccccc2)cc1. The van der Waals surface area contributed by atoms with Crippen LogP contribution in [0.2, 0.25) is 0 Å². The zero-order chi connectivity index (χ0) is 23.3. The molecule has 0 atom stereocenters. The number of anilines is 1. The average Bonchev–Trinajstić information content (AvgIpc) is 2.77. The van der Waals surface area contributed by atoms with Crippen LogP contribution in [-0.4, -0.2) is 48.5 Å². The summed E-state index contributed by atoms with van der Waals surface area (Å²) in [5.41, 5.74) is 2.84. The summed E-state index contributed by atoms with van der Waals surface area (Å²) in [5, 5.41) is 5.64. The summed E-state index contributed by atoms with van der Waals surface area (Å²) in [5.74, 6) is -0.698. The third-order valence-corrected chi connectivity index (χ3v) is 4.85. The molecule has 7 nitrogen and oxygen atoms in total. The summed E-state index contributed by atoms with van der Waals surface area (Å²) in [6, 6.07) is 17.2. The Labute approximate surface area is 194 Å². The largest absolute Gasteiger partial charge is 0.465 e. The number of nitrogens with one attached hydrogen (secondary N) is 2. The van der Waals surface area contributed by atoms with Gasteiger partial charge < -0.3 is 20.3 Å². The van der Waals surface area contributed by atoms with E-state index in [-0.39, 0.29) is 36.4 Å². The van der Waals surface area contributed by atoms with E-state index in [1.165, 1.54) is 0 Å². The van der Waals surface area contributed by atoms with E-state index in [1.54, 1.807) is 19.0 Å². The molecule has 8 heteroatoms. The van der Waals surface area contributed by atoms with Crippen molar-refractivity contribution in [2.45, 2.75) is 32.1 Å². The molecule has 0 radical (unpaired) electrons. The van der Waals surface area contributed by atoms with Crippen LogP contribution in [0.15, 0.2) is 54.6 Å². The molecule has 0 bridgehead atoms. The number of hydrogen-bond donors (Lipinski definition) is 2. The van der Waals surface area contributed by atoms with Crippen LogP contribution in [0.5, 0.6) is 0 Å². The molecule has 0 unspecified atom stereocenters. The van der Waals surface area contributed by atoms with Gasteiger partial charge in [0.1, 0.15) is 0 Å². The van der Waals surface area contributed by atoms with E-state index in [0.29, 0.717) is 19.3 Å². The number of esters is 1. The van der Waals surface area contributed by atoms with Gasteiger partial charge in [-0.2, -0.15) is 0 Å². The van der Waals surface area contributed by atoms with Crippen molar-refractivity contribution in [1.82, 2.24) is 10.2 Å². The molecule has 2 amide bonds. The molecule has 0 fully saturated rings. The van der Waals surface area contributed by atoms with Crippen molar-refractivity contribution < 1.29 is 19.1 Å². The zero-order valence-electron chi connectivity index (χ0n) is 18.4. The van der Waals surface area contributed by atoms with Crippen LogP contribution in [0.25, 0.3) is 0 Å². The predicted octanol–water partition coefficient (Wildman–Crippen LogP) is 3.09. The number of nitrogens with zero attached hydrogens (tertiary/aromatic N) is 1. The van der Waals surface area contributed by atoms with Crippen LogP contribution in [-0.2, 0) is 32.0 Å². The standard InChI is InChI=1S/C24H29N3O4S/c1-27(2)22(29)14-10-19-8-11-20(12-9-19)25-24(32)26-21(28)13-15-23(30)31-17-16-18-6-4-3-5-7-18/h3-9,11-12H,10,13-17H2,1-2H3,(H2,25,26,28,32). The van der Waals surface area contributed by atoms with Crippen molar-refractivity contribution in [3.8, 4) is 0 Å². The van der Waals surface area contributed by atoms with Crippen LogP contribution in [0, 0.1) is 0 Å². The molecule has 2 aromatic rings. The highest BCUT2D eigenvalue weighted by Gasteiger charge is 2.10. The minimum atomic E-state index is -0.418. The lowest BCUT2D eigenvalue weighted by Crippen LogP contribution is -2.34. The maximum absolute atomic E-state index is 12.0. The molecule has 0 spiro atoms. The highest BCUT2D eigenvalue weighted by Crippen LogP contribution is 2.11.